The fourth-order valence-electron chi connectivity index (χ4n) is 0.734. The van der Waals surface area contributed by atoms with Gasteiger partial charge in [-0.1, -0.05) is 0 Å². The molecule has 0 aliphatic carbocycles. The lowest BCUT2D eigenvalue weighted by Crippen LogP contribution is -2.03. The van der Waals surface area contributed by atoms with E-state index in [-0.39, 0.29) is 5.88 Å². The predicted octanol–water partition coefficient (Wildman–Crippen LogP) is 0.907. The number of furan rings is 1. The van der Waals surface area contributed by atoms with Crippen LogP contribution in [0.4, 0.5) is 5.88 Å². The fraction of sp³-hybridized carbons (Fsp3) is 0.333. The molecule has 0 fully saturated rings. The highest BCUT2D eigenvalue weighted by atomic mass is 16.6. The predicted molar refractivity (Wildman–Crippen MR) is 38.1 cm³/mol. The van der Waals surface area contributed by atoms with Gasteiger partial charge in [-0.25, -0.2) is 0 Å². The maximum absolute atomic E-state index is 10.1. The van der Waals surface area contributed by atoms with Crippen LogP contribution < -0.4 is 5.32 Å². The molecule has 0 aliphatic rings. The second kappa shape index (κ2) is 3.16. The van der Waals surface area contributed by atoms with Crippen molar-refractivity contribution in [3.63, 3.8) is 0 Å². The smallest absolute Gasteiger partial charge is 0.404 e. The summed E-state index contributed by atoms with van der Waals surface area (Å²) in [6, 6.07) is 2.92. The van der Waals surface area contributed by atoms with Gasteiger partial charge in [0.05, 0.1) is 12.6 Å². The third-order valence-electron chi connectivity index (χ3n) is 1.18. The monoisotopic (exact) mass is 156 g/mol. The fourth-order valence-corrected chi connectivity index (χ4v) is 0.734. The zero-order valence-electron chi connectivity index (χ0n) is 6.03. The van der Waals surface area contributed by atoms with Crippen molar-refractivity contribution in [2.24, 2.45) is 0 Å². The first-order valence-electron chi connectivity index (χ1n) is 3.11. The van der Waals surface area contributed by atoms with E-state index in [2.05, 4.69) is 5.32 Å². The molecule has 1 rings (SSSR count). The van der Waals surface area contributed by atoms with Crippen LogP contribution in [-0.2, 0) is 6.54 Å². The van der Waals surface area contributed by atoms with Crippen molar-refractivity contribution < 1.29 is 9.34 Å². The summed E-state index contributed by atoms with van der Waals surface area (Å²) < 4.78 is 4.82. The largest absolute Gasteiger partial charge is 0.433 e. The van der Waals surface area contributed by atoms with Crippen molar-refractivity contribution >= 4 is 5.88 Å². The minimum absolute atomic E-state index is 0.213. The maximum atomic E-state index is 10.1. The molecule has 1 N–H and O–H groups in total. The first-order valence-corrected chi connectivity index (χ1v) is 3.11. The Morgan fingerprint density at radius 2 is 2.45 bits per heavy atom. The zero-order chi connectivity index (χ0) is 8.27. The van der Waals surface area contributed by atoms with Crippen LogP contribution in [0, 0.1) is 10.1 Å². The first kappa shape index (κ1) is 7.74. The third kappa shape index (κ3) is 1.78. The molecule has 0 atom stereocenters. The van der Waals surface area contributed by atoms with Crippen molar-refractivity contribution in [1.29, 1.82) is 0 Å². The molecular weight excluding hydrogens is 148 g/mol. The van der Waals surface area contributed by atoms with Gasteiger partial charge in [0, 0.05) is 0 Å². The summed E-state index contributed by atoms with van der Waals surface area (Å²) in [6.45, 7) is 0.508. The van der Waals surface area contributed by atoms with Gasteiger partial charge in [0.15, 0.2) is 0 Å². The van der Waals surface area contributed by atoms with Gasteiger partial charge in [-0.05, 0) is 13.1 Å². The van der Waals surface area contributed by atoms with Gasteiger partial charge >= 0.3 is 5.88 Å². The van der Waals surface area contributed by atoms with E-state index in [0.717, 1.165) is 0 Å². The van der Waals surface area contributed by atoms with E-state index in [9.17, 15) is 10.1 Å². The Labute approximate surface area is 63.2 Å². The van der Waals surface area contributed by atoms with E-state index in [1.165, 1.54) is 6.07 Å². The second-order valence-electron chi connectivity index (χ2n) is 2.03. The van der Waals surface area contributed by atoms with Crippen molar-refractivity contribution in [1.82, 2.24) is 5.32 Å². The number of rotatable bonds is 3. The van der Waals surface area contributed by atoms with Gasteiger partial charge in [-0.3, -0.25) is 10.1 Å². The van der Waals surface area contributed by atoms with Crippen molar-refractivity contribution in [2.75, 3.05) is 7.05 Å². The van der Waals surface area contributed by atoms with Crippen LogP contribution in [0.5, 0.6) is 0 Å². The first-order chi connectivity index (χ1) is 5.24. The van der Waals surface area contributed by atoms with Crippen LogP contribution >= 0.6 is 0 Å². The molecule has 0 saturated carbocycles. The molecule has 0 bridgehead atoms. The Balaban J connectivity index is 2.73. The summed E-state index contributed by atoms with van der Waals surface area (Å²) in [4.78, 5) is 9.55. The van der Waals surface area contributed by atoms with E-state index in [1.54, 1.807) is 13.1 Å². The Bertz CT molecular complexity index is 256. The quantitative estimate of drug-likeness (QED) is 0.521. The van der Waals surface area contributed by atoms with E-state index in [1.807, 2.05) is 0 Å². The van der Waals surface area contributed by atoms with Gasteiger partial charge in [0.1, 0.15) is 10.7 Å². The molecule has 5 nitrogen and oxygen atoms in total. The maximum Gasteiger partial charge on any atom is 0.433 e. The lowest BCUT2D eigenvalue weighted by Gasteiger charge is -1.89. The minimum atomic E-state index is -0.556. The average molecular weight is 156 g/mol. The Morgan fingerprint density at radius 1 is 1.73 bits per heavy atom. The molecule has 0 unspecified atom stereocenters. The van der Waals surface area contributed by atoms with Crippen molar-refractivity contribution in [3.05, 3.63) is 28.0 Å². The zero-order valence-corrected chi connectivity index (χ0v) is 6.03. The number of nitrogens with zero attached hydrogens (tertiary/aromatic N) is 1. The van der Waals surface area contributed by atoms with E-state index in [0.29, 0.717) is 12.3 Å². The lowest BCUT2D eigenvalue weighted by atomic mass is 10.4. The molecule has 0 radical (unpaired) electrons. The molecule has 1 aromatic heterocycles. The van der Waals surface area contributed by atoms with Crippen LogP contribution in [-0.4, -0.2) is 12.0 Å². The van der Waals surface area contributed by atoms with E-state index >= 15 is 0 Å². The van der Waals surface area contributed by atoms with Gasteiger partial charge in [0.2, 0.25) is 0 Å². The van der Waals surface area contributed by atoms with Crippen LogP contribution in [0.3, 0.4) is 0 Å². The SMILES string of the molecule is CNCc1ccc([N+](=O)[O-])o1. The van der Waals surface area contributed by atoms with Crippen LogP contribution in [0.1, 0.15) is 5.76 Å². The highest BCUT2D eigenvalue weighted by Gasteiger charge is 2.10. The highest BCUT2D eigenvalue weighted by molar-refractivity contribution is 5.17. The van der Waals surface area contributed by atoms with Crippen LogP contribution in [0.2, 0.25) is 0 Å². The second-order valence-corrected chi connectivity index (χ2v) is 2.03. The molecule has 11 heavy (non-hydrogen) atoms. The summed E-state index contributed by atoms with van der Waals surface area (Å²) in [5, 5.41) is 12.9. The van der Waals surface area contributed by atoms with Gasteiger partial charge in [-0.2, -0.15) is 0 Å². The van der Waals surface area contributed by atoms with Gasteiger partial charge in [-0.15, -0.1) is 0 Å². The Kier molecular flexibility index (Phi) is 2.22. The van der Waals surface area contributed by atoms with Crippen molar-refractivity contribution in [3.8, 4) is 0 Å². The molecule has 0 amide bonds. The Morgan fingerprint density at radius 3 is 2.91 bits per heavy atom. The summed E-state index contributed by atoms with van der Waals surface area (Å²) in [7, 11) is 1.74. The van der Waals surface area contributed by atoms with Gasteiger partial charge < -0.3 is 9.73 Å². The average Bonchev–Trinajstić information content (AvgIpc) is 2.37. The highest BCUT2D eigenvalue weighted by Crippen LogP contribution is 2.14. The van der Waals surface area contributed by atoms with Crippen LogP contribution in [0.15, 0.2) is 16.5 Å². The summed E-state index contributed by atoms with van der Waals surface area (Å²) in [5.41, 5.74) is 0. The molecule has 60 valence electrons. The van der Waals surface area contributed by atoms with Crippen molar-refractivity contribution in [2.45, 2.75) is 6.54 Å². The minimum Gasteiger partial charge on any atom is -0.404 e. The molecule has 0 saturated heterocycles. The number of hydrogen-bond donors (Lipinski definition) is 1. The topological polar surface area (TPSA) is 68.3 Å². The van der Waals surface area contributed by atoms with E-state index in [4.69, 9.17) is 4.42 Å². The number of nitrogens with one attached hydrogen (secondary N) is 1. The molecular formula is C6H8N2O3. The van der Waals surface area contributed by atoms with Gasteiger partial charge in [0.25, 0.3) is 0 Å². The molecule has 5 heteroatoms. The summed E-state index contributed by atoms with van der Waals surface area (Å²) >= 11 is 0. The lowest BCUT2D eigenvalue weighted by molar-refractivity contribution is -0.402. The number of hydrogen-bond acceptors (Lipinski definition) is 4. The molecule has 0 spiro atoms. The molecule has 1 heterocycles. The normalized spacial score (nSPS) is 9.91. The van der Waals surface area contributed by atoms with E-state index < -0.39 is 4.92 Å². The molecule has 1 aromatic rings. The standard InChI is InChI=1S/C6H8N2O3/c1-7-4-5-2-3-6(11-5)8(9)10/h2-3,7H,4H2,1H3. The van der Waals surface area contributed by atoms with Crippen LogP contribution in [0.25, 0.3) is 0 Å². The number of nitro groups is 1. The molecule has 0 aliphatic heterocycles. The Hall–Kier alpha value is -1.36. The third-order valence-corrected chi connectivity index (χ3v) is 1.18. The molecule has 0 aromatic carbocycles. The summed E-state index contributed by atoms with van der Waals surface area (Å²) in [6.07, 6.45) is 0. The summed E-state index contributed by atoms with van der Waals surface area (Å²) in [5.74, 6) is 0.356.